The second-order valence-corrected chi connectivity index (χ2v) is 6.05. The Morgan fingerprint density at radius 3 is 2.40 bits per heavy atom. The zero-order valence-electron chi connectivity index (χ0n) is 14.1. The minimum atomic E-state index is -0.720. The lowest BCUT2D eigenvalue weighted by Gasteiger charge is -2.27. The third-order valence-electron chi connectivity index (χ3n) is 4.32. The van der Waals surface area contributed by atoms with E-state index in [-0.39, 0.29) is 23.5 Å². The molecule has 128 valence electrons. The number of anilines is 1. The predicted octanol–water partition coefficient (Wildman–Crippen LogP) is 3.58. The van der Waals surface area contributed by atoms with E-state index in [0.29, 0.717) is 11.3 Å². The Balaban J connectivity index is 2.18. The van der Waals surface area contributed by atoms with Crippen molar-refractivity contribution in [3.63, 3.8) is 0 Å². The van der Waals surface area contributed by atoms with Crippen molar-refractivity contribution < 1.29 is 19.8 Å². The zero-order chi connectivity index (χ0) is 18.1. The number of hydrogen-bond donors (Lipinski definition) is 2. The van der Waals surface area contributed by atoms with Gasteiger partial charge in [0, 0.05) is 12.1 Å². The number of rotatable bonds is 4. The molecule has 1 heterocycles. The molecule has 0 aromatic heterocycles. The lowest BCUT2D eigenvalue weighted by molar-refractivity contribution is -0.118. The van der Waals surface area contributed by atoms with Gasteiger partial charge in [0.25, 0.3) is 5.91 Å². The van der Waals surface area contributed by atoms with Gasteiger partial charge in [-0.3, -0.25) is 14.5 Å². The highest BCUT2D eigenvalue weighted by molar-refractivity contribution is 6.16. The van der Waals surface area contributed by atoms with Gasteiger partial charge in [0.15, 0.2) is 11.5 Å². The average Bonchev–Trinajstić information content (AvgIpc) is 2.86. The van der Waals surface area contributed by atoms with Crippen LogP contribution in [-0.2, 0) is 9.59 Å². The van der Waals surface area contributed by atoms with Gasteiger partial charge in [-0.2, -0.15) is 0 Å². The number of benzene rings is 2. The third kappa shape index (κ3) is 2.89. The predicted molar refractivity (Wildman–Crippen MR) is 94.5 cm³/mol. The molecule has 2 N–H and O–H groups in total. The number of carbonyl (C=O) groups is 2. The minimum absolute atomic E-state index is 0.0896. The van der Waals surface area contributed by atoms with Crippen molar-refractivity contribution in [2.45, 2.75) is 26.3 Å². The van der Waals surface area contributed by atoms with Gasteiger partial charge in [-0.25, -0.2) is 0 Å². The number of aliphatic hydroxyl groups is 1. The molecule has 25 heavy (non-hydrogen) atoms. The van der Waals surface area contributed by atoms with Crippen molar-refractivity contribution in [2.24, 2.45) is 0 Å². The Kier molecular flexibility index (Phi) is 4.31. The number of phenolic OH excluding ortho intramolecular Hbond substituents is 1. The highest BCUT2D eigenvalue weighted by Crippen LogP contribution is 2.41. The monoisotopic (exact) mass is 337 g/mol. The number of aromatic hydroxyl groups is 1. The van der Waals surface area contributed by atoms with Crippen LogP contribution in [0.4, 0.5) is 5.69 Å². The number of aryl methyl sites for hydroxylation is 1. The van der Waals surface area contributed by atoms with Gasteiger partial charge >= 0.3 is 0 Å². The highest BCUT2D eigenvalue weighted by Gasteiger charge is 2.43. The number of phenols is 1. The van der Waals surface area contributed by atoms with Crippen LogP contribution in [0.5, 0.6) is 5.75 Å². The van der Waals surface area contributed by atoms with Crippen LogP contribution in [0.15, 0.2) is 59.9 Å². The van der Waals surface area contributed by atoms with Crippen LogP contribution in [0, 0.1) is 6.92 Å². The Labute approximate surface area is 145 Å². The molecule has 1 amide bonds. The maximum atomic E-state index is 12.7. The number of nitrogens with zero attached hydrogens (tertiary/aromatic N) is 1. The van der Waals surface area contributed by atoms with Crippen LogP contribution >= 0.6 is 0 Å². The molecule has 0 aliphatic carbocycles. The molecule has 0 spiro atoms. The lowest BCUT2D eigenvalue weighted by Crippen LogP contribution is -2.31. The van der Waals surface area contributed by atoms with E-state index >= 15 is 0 Å². The van der Waals surface area contributed by atoms with Crippen LogP contribution in [0.3, 0.4) is 0 Å². The normalized spacial score (nSPS) is 17.3. The summed E-state index contributed by atoms with van der Waals surface area (Å²) in [6.07, 6.45) is 0.183. The number of carbonyl (C=O) groups excluding carboxylic acids is 2. The van der Waals surface area contributed by atoms with Crippen molar-refractivity contribution in [2.75, 3.05) is 4.90 Å². The van der Waals surface area contributed by atoms with Crippen molar-refractivity contribution >= 4 is 17.4 Å². The van der Waals surface area contributed by atoms with Crippen LogP contribution in [-0.4, -0.2) is 21.9 Å². The third-order valence-corrected chi connectivity index (χ3v) is 4.32. The fourth-order valence-corrected chi connectivity index (χ4v) is 3.10. The van der Waals surface area contributed by atoms with Gasteiger partial charge in [-0.05, 0) is 42.3 Å². The first kappa shape index (κ1) is 16.8. The first-order valence-corrected chi connectivity index (χ1v) is 8.09. The van der Waals surface area contributed by atoms with Gasteiger partial charge in [0.1, 0.15) is 5.75 Å². The molecule has 0 saturated carbocycles. The largest absolute Gasteiger partial charge is 0.508 e. The second-order valence-electron chi connectivity index (χ2n) is 6.05. The molecule has 1 aliphatic heterocycles. The topological polar surface area (TPSA) is 77.8 Å². The lowest BCUT2D eigenvalue weighted by atomic mass is 9.94. The smallest absolute Gasteiger partial charge is 0.294 e. The van der Waals surface area contributed by atoms with Crippen LogP contribution in [0.2, 0.25) is 0 Å². The molecule has 1 atom stereocenters. The summed E-state index contributed by atoms with van der Waals surface area (Å²) >= 11 is 0. The molecule has 5 heteroatoms. The summed E-state index contributed by atoms with van der Waals surface area (Å²) in [5.41, 5.74) is 2.31. The minimum Gasteiger partial charge on any atom is -0.508 e. The summed E-state index contributed by atoms with van der Waals surface area (Å²) in [7, 11) is 0. The van der Waals surface area contributed by atoms with E-state index < -0.39 is 17.7 Å². The van der Waals surface area contributed by atoms with Crippen LogP contribution in [0.1, 0.15) is 30.5 Å². The molecule has 1 unspecified atom stereocenters. The molecule has 0 radical (unpaired) electrons. The van der Waals surface area contributed by atoms with E-state index in [1.165, 1.54) is 17.0 Å². The van der Waals surface area contributed by atoms with Gasteiger partial charge in [0.05, 0.1) is 11.6 Å². The number of hydrogen-bond acceptors (Lipinski definition) is 4. The summed E-state index contributed by atoms with van der Waals surface area (Å²) in [4.78, 5) is 26.6. The molecule has 3 rings (SSSR count). The van der Waals surface area contributed by atoms with Crippen LogP contribution in [0.25, 0.3) is 0 Å². The number of amides is 1. The first-order chi connectivity index (χ1) is 11.9. The molecule has 2 aromatic carbocycles. The van der Waals surface area contributed by atoms with Gasteiger partial charge in [0.2, 0.25) is 0 Å². The van der Waals surface area contributed by atoms with Crippen molar-refractivity contribution in [1.82, 2.24) is 0 Å². The molecule has 1 aliphatic rings. The summed E-state index contributed by atoms with van der Waals surface area (Å²) in [6.45, 7) is 3.60. The number of Topliss-reactive ketones (excluding diaryl/α,β-unsaturated/α-hetero) is 1. The molecule has 2 aromatic rings. The summed E-state index contributed by atoms with van der Waals surface area (Å²) < 4.78 is 0. The van der Waals surface area contributed by atoms with Gasteiger partial charge < -0.3 is 10.2 Å². The fraction of sp³-hybridized carbons (Fsp3) is 0.200. The van der Waals surface area contributed by atoms with Gasteiger partial charge in [-0.1, -0.05) is 31.2 Å². The number of ketones is 1. The van der Waals surface area contributed by atoms with Crippen LogP contribution < -0.4 is 4.90 Å². The van der Waals surface area contributed by atoms with Crippen molar-refractivity contribution in [1.29, 1.82) is 0 Å². The first-order valence-electron chi connectivity index (χ1n) is 8.09. The van der Waals surface area contributed by atoms with Crippen molar-refractivity contribution in [3.8, 4) is 5.75 Å². The van der Waals surface area contributed by atoms with E-state index in [0.717, 1.165) is 5.56 Å². The molecule has 0 fully saturated rings. The molecule has 0 bridgehead atoms. The summed E-state index contributed by atoms with van der Waals surface area (Å²) in [5, 5.41) is 19.9. The fourth-order valence-electron chi connectivity index (χ4n) is 3.10. The standard InChI is InChI=1S/C20H19NO4/c1-3-16(23)17-18(13-7-9-15(22)10-8-13)21(20(25)19(17)24)14-6-4-5-12(2)11-14/h4-11,18,22,24H,3H2,1-2H3. The SMILES string of the molecule is CCC(=O)C1=C(O)C(=O)N(c2cccc(C)c2)C1c1ccc(O)cc1. The summed E-state index contributed by atoms with van der Waals surface area (Å²) in [5.74, 6) is -1.29. The Morgan fingerprint density at radius 2 is 1.80 bits per heavy atom. The Bertz CT molecular complexity index is 868. The molecular weight excluding hydrogens is 318 g/mol. The highest BCUT2D eigenvalue weighted by atomic mass is 16.3. The average molecular weight is 337 g/mol. The Hall–Kier alpha value is -3.08. The maximum Gasteiger partial charge on any atom is 0.294 e. The quantitative estimate of drug-likeness (QED) is 0.894. The Morgan fingerprint density at radius 1 is 1.12 bits per heavy atom. The zero-order valence-corrected chi connectivity index (χ0v) is 14.1. The second kappa shape index (κ2) is 6.43. The number of aliphatic hydroxyl groups excluding tert-OH is 1. The van der Waals surface area contributed by atoms with E-state index in [1.807, 2.05) is 25.1 Å². The van der Waals surface area contributed by atoms with E-state index in [4.69, 9.17) is 0 Å². The molecular formula is C20H19NO4. The van der Waals surface area contributed by atoms with E-state index in [2.05, 4.69) is 0 Å². The van der Waals surface area contributed by atoms with E-state index in [1.54, 1.807) is 25.1 Å². The summed E-state index contributed by atoms with van der Waals surface area (Å²) in [6, 6.07) is 12.9. The maximum absolute atomic E-state index is 12.7. The van der Waals surface area contributed by atoms with Gasteiger partial charge in [-0.15, -0.1) is 0 Å². The molecule has 5 nitrogen and oxygen atoms in total. The molecule has 0 saturated heterocycles. The van der Waals surface area contributed by atoms with E-state index in [9.17, 15) is 19.8 Å². The van der Waals surface area contributed by atoms with Crippen molar-refractivity contribution in [3.05, 3.63) is 71.0 Å².